The largest absolute Gasteiger partial charge is 0.226 e. The molecule has 0 radical (unpaired) electrons. The number of aromatic nitrogens is 2. The minimum Gasteiger partial charge on any atom is -0.226 e. The lowest BCUT2D eigenvalue weighted by Gasteiger charge is -2.18. The monoisotopic (exact) mass is 256 g/mol. The Morgan fingerprint density at radius 3 is 2.38 bits per heavy atom. The maximum absolute atomic E-state index is 6.16. The highest BCUT2D eigenvalue weighted by molar-refractivity contribution is 8.00. The zero-order chi connectivity index (χ0) is 11.9. The third-order valence-corrected chi connectivity index (χ3v) is 3.98. The molecule has 1 saturated carbocycles. The van der Waals surface area contributed by atoms with Gasteiger partial charge in [-0.25, -0.2) is 9.97 Å². The van der Waals surface area contributed by atoms with E-state index in [0.717, 1.165) is 16.4 Å². The first-order chi connectivity index (χ1) is 7.37. The first kappa shape index (κ1) is 12.2. The van der Waals surface area contributed by atoms with Crippen molar-refractivity contribution in [2.24, 2.45) is 0 Å². The van der Waals surface area contributed by atoms with Crippen molar-refractivity contribution in [1.29, 1.82) is 0 Å². The van der Waals surface area contributed by atoms with Crippen molar-refractivity contribution in [3.8, 4) is 0 Å². The van der Waals surface area contributed by atoms with Gasteiger partial charge in [0.2, 0.25) is 0 Å². The summed E-state index contributed by atoms with van der Waals surface area (Å²) in [6, 6.07) is 0. The molecule has 0 aromatic carbocycles. The highest BCUT2D eigenvalue weighted by Gasteiger charge is 2.28. The van der Waals surface area contributed by atoms with Crippen molar-refractivity contribution in [1.82, 2.24) is 9.97 Å². The van der Waals surface area contributed by atoms with Crippen molar-refractivity contribution < 1.29 is 0 Å². The summed E-state index contributed by atoms with van der Waals surface area (Å²) in [6.07, 6.45) is 2.41. The van der Waals surface area contributed by atoms with E-state index in [1.54, 1.807) is 11.8 Å². The average Bonchev–Trinajstić information content (AvgIpc) is 2.93. The quantitative estimate of drug-likeness (QED) is 0.586. The van der Waals surface area contributed by atoms with Gasteiger partial charge in [-0.15, -0.1) is 11.8 Å². The van der Waals surface area contributed by atoms with Crippen LogP contribution in [-0.4, -0.2) is 14.7 Å². The normalized spacial score (nSPS) is 16.6. The van der Waals surface area contributed by atoms with E-state index in [2.05, 4.69) is 30.7 Å². The summed E-state index contributed by atoms with van der Waals surface area (Å²) in [4.78, 5) is 9.01. The molecule has 0 spiro atoms. The van der Waals surface area contributed by atoms with Crippen LogP contribution in [-0.2, 0) is 0 Å². The molecule has 0 saturated heterocycles. The first-order valence-electron chi connectivity index (χ1n) is 5.60. The highest BCUT2D eigenvalue weighted by atomic mass is 35.5. The summed E-state index contributed by atoms with van der Waals surface area (Å²) in [5.41, 5.74) is 1.01. The Bertz CT molecular complexity index is 408. The molecule has 2 nitrogen and oxygen atoms in total. The Balaban J connectivity index is 2.34. The number of halogens is 1. The lowest BCUT2D eigenvalue weighted by Crippen LogP contribution is -2.09. The molecular formula is C12H17ClN2S. The molecule has 0 N–H and O–H groups in total. The van der Waals surface area contributed by atoms with E-state index in [1.807, 2.05) is 6.92 Å². The van der Waals surface area contributed by atoms with Crippen LogP contribution in [0.4, 0.5) is 0 Å². The molecule has 88 valence electrons. The number of rotatable bonds is 2. The second-order valence-electron chi connectivity index (χ2n) is 5.29. The summed E-state index contributed by atoms with van der Waals surface area (Å²) in [7, 11) is 0. The van der Waals surface area contributed by atoms with Crippen LogP contribution in [0.2, 0.25) is 5.15 Å². The molecule has 1 aliphatic carbocycles. The summed E-state index contributed by atoms with van der Waals surface area (Å²) in [5.74, 6) is 1.49. The number of nitrogens with zero attached hydrogens (tertiary/aromatic N) is 2. The maximum Gasteiger partial charge on any atom is 0.136 e. The van der Waals surface area contributed by atoms with Crippen LogP contribution in [0.15, 0.2) is 5.03 Å². The molecular weight excluding hydrogens is 240 g/mol. The SMILES string of the molecule is Cc1c(Cl)nc(C2CC2)nc1SC(C)(C)C. The Hall–Kier alpha value is -0.280. The minimum atomic E-state index is 0.156. The van der Waals surface area contributed by atoms with E-state index in [0.29, 0.717) is 11.1 Å². The van der Waals surface area contributed by atoms with E-state index in [9.17, 15) is 0 Å². The van der Waals surface area contributed by atoms with Crippen molar-refractivity contribution in [2.75, 3.05) is 0 Å². The molecule has 0 atom stereocenters. The topological polar surface area (TPSA) is 25.8 Å². The molecule has 1 aromatic rings. The Morgan fingerprint density at radius 2 is 1.88 bits per heavy atom. The fourth-order valence-electron chi connectivity index (χ4n) is 1.40. The van der Waals surface area contributed by atoms with Gasteiger partial charge in [0, 0.05) is 16.2 Å². The average molecular weight is 257 g/mol. The molecule has 1 fully saturated rings. The van der Waals surface area contributed by atoms with Crippen molar-refractivity contribution in [3.05, 3.63) is 16.5 Å². The van der Waals surface area contributed by atoms with Crippen LogP contribution >= 0.6 is 23.4 Å². The summed E-state index contributed by atoms with van der Waals surface area (Å²) in [5, 5.41) is 1.65. The Morgan fingerprint density at radius 1 is 1.25 bits per heavy atom. The molecule has 2 rings (SSSR count). The third-order valence-electron chi connectivity index (χ3n) is 2.40. The van der Waals surface area contributed by atoms with Gasteiger partial charge in [-0.05, 0) is 19.8 Å². The zero-order valence-corrected chi connectivity index (χ0v) is 11.7. The van der Waals surface area contributed by atoms with Crippen LogP contribution < -0.4 is 0 Å². The highest BCUT2D eigenvalue weighted by Crippen LogP contribution is 2.41. The fraction of sp³-hybridized carbons (Fsp3) is 0.667. The lowest BCUT2D eigenvalue weighted by molar-refractivity contribution is 0.789. The molecule has 1 aliphatic rings. The van der Waals surface area contributed by atoms with Gasteiger partial charge in [0.15, 0.2) is 0 Å². The van der Waals surface area contributed by atoms with E-state index in [1.165, 1.54) is 12.8 Å². The van der Waals surface area contributed by atoms with Gasteiger partial charge < -0.3 is 0 Å². The minimum absolute atomic E-state index is 0.156. The van der Waals surface area contributed by atoms with E-state index >= 15 is 0 Å². The van der Waals surface area contributed by atoms with Gasteiger partial charge in [-0.3, -0.25) is 0 Å². The number of hydrogen-bond acceptors (Lipinski definition) is 3. The first-order valence-corrected chi connectivity index (χ1v) is 6.79. The van der Waals surface area contributed by atoms with Crippen molar-refractivity contribution >= 4 is 23.4 Å². The second kappa shape index (κ2) is 4.19. The molecule has 4 heteroatoms. The molecule has 0 unspecified atom stereocenters. The summed E-state index contributed by atoms with van der Waals surface area (Å²) < 4.78 is 0.156. The van der Waals surface area contributed by atoms with Gasteiger partial charge in [-0.1, -0.05) is 32.4 Å². The van der Waals surface area contributed by atoms with Gasteiger partial charge in [0.25, 0.3) is 0 Å². The van der Waals surface area contributed by atoms with E-state index < -0.39 is 0 Å². The van der Waals surface area contributed by atoms with Gasteiger partial charge in [0.05, 0.1) is 0 Å². The molecule has 0 amide bonds. The molecule has 1 heterocycles. The zero-order valence-electron chi connectivity index (χ0n) is 10.2. The molecule has 0 aliphatic heterocycles. The van der Waals surface area contributed by atoms with E-state index in [-0.39, 0.29) is 4.75 Å². The van der Waals surface area contributed by atoms with Crippen LogP contribution in [0.25, 0.3) is 0 Å². The predicted octanol–water partition coefficient (Wildman–Crippen LogP) is 4.21. The second-order valence-corrected chi connectivity index (χ2v) is 7.47. The number of thioether (sulfide) groups is 1. The third kappa shape index (κ3) is 2.89. The van der Waals surface area contributed by atoms with E-state index in [4.69, 9.17) is 11.6 Å². The van der Waals surface area contributed by atoms with Gasteiger partial charge >= 0.3 is 0 Å². The molecule has 0 bridgehead atoms. The Labute approximate surface area is 106 Å². The smallest absolute Gasteiger partial charge is 0.136 e. The lowest BCUT2D eigenvalue weighted by atomic mass is 10.3. The van der Waals surface area contributed by atoms with Crippen LogP contribution in [0.5, 0.6) is 0 Å². The van der Waals surface area contributed by atoms with Crippen molar-refractivity contribution in [3.63, 3.8) is 0 Å². The van der Waals surface area contributed by atoms with Crippen molar-refractivity contribution in [2.45, 2.75) is 56.2 Å². The van der Waals surface area contributed by atoms with Crippen LogP contribution in [0, 0.1) is 6.92 Å². The van der Waals surface area contributed by atoms with Crippen LogP contribution in [0.3, 0.4) is 0 Å². The Kier molecular flexibility index (Phi) is 3.19. The van der Waals surface area contributed by atoms with Gasteiger partial charge in [-0.2, -0.15) is 0 Å². The maximum atomic E-state index is 6.16. The predicted molar refractivity (Wildman–Crippen MR) is 69.4 cm³/mol. The number of hydrogen-bond donors (Lipinski definition) is 0. The van der Waals surface area contributed by atoms with Crippen LogP contribution in [0.1, 0.15) is 50.9 Å². The molecule has 1 aromatic heterocycles. The summed E-state index contributed by atoms with van der Waals surface area (Å²) >= 11 is 7.92. The summed E-state index contributed by atoms with van der Waals surface area (Å²) in [6.45, 7) is 8.55. The fourth-order valence-corrected chi connectivity index (χ4v) is 2.60. The standard InChI is InChI=1S/C12H17ClN2S/c1-7-9(13)14-10(8-5-6-8)15-11(7)16-12(2,3)4/h8H,5-6H2,1-4H3. The van der Waals surface area contributed by atoms with Gasteiger partial charge in [0.1, 0.15) is 16.0 Å². The molecule has 16 heavy (non-hydrogen) atoms.